The smallest absolute Gasteiger partial charge is 0.264 e. The second-order valence-electron chi connectivity index (χ2n) is 4.38. The van der Waals surface area contributed by atoms with Gasteiger partial charge in [0.05, 0.1) is 10.6 Å². The lowest BCUT2D eigenvalue weighted by Gasteiger charge is -2.08. The first kappa shape index (κ1) is 15.1. The summed E-state index contributed by atoms with van der Waals surface area (Å²) in [5.41, 5.74) is 0.490. The van der Waals surface area contributed by atoms with Crippen molar-refractivity contribution in [3.05, 3.63) is 30.6 Å². The van der Waals surface area contributed by atoms with Crippen molar-refractivity contribution in [2.24, 2.45) is 0 Å². The number of unbranched alkanes of at least 4 members (excludes halogenated alkanes) is 1. The van der Waals surface area contributed by atoms with Crippen LogP contribution in [0.5, 0.6) is 0 Å². The zero-order valence-corrected chi connectivity index (χ0v) is 12.2. The maximum Gasteiger partial charge on any atom is 0.264 e. The quantitative estimate of drug-likeness (QED) is 0.840. The van der Waals surface area contributed by atoms with Crippen molar-refractivity contribution in [2.45, 2.75) is 31.1 Å². The Morgan fingerprint density at radius 1 is 1.38 bits per heavy atom. The van der Waals surface area contributed by atoms with Gasteiger partial charge in [-0.25, -0.2) is 17.8 Å². The van der Waals surface area contributed by atoms with Gasteiger partial charge < -0.3 is 0 Å². The number of aromatic nitrogens is 4. The molecule has 0 spiro atoms. The van der Waals surface area contributed by atoms with Gasteiger partial charge in [-0.05, 0) is 35.0 Å². The molecule has 8 nitrogen and oxygen atoms in total. The van der Waals surface area contributed by atoms with Gasteiger partial charge in [-0.3, -0.25) is 4.79 Å². The highest BCUT2D eigenvalue weighted by atomic mass is 32.2. The molecule has 1 heterocycles. The maximum absolute atomic E-state index is 12.1. The summed E-state index contributed by atoms with van der Waals surface area (Å²) in [6, 6.07) is 6.02. The molecule has 0 radical (unpaired) electrons. The summed E-state index contributed by atoms with van der Waals surface area (Å²) in [6.07, 6.45) is 3.00. The largest absolute Gasteiger partial charge is 0.274 e. The van der Waals surface area contributed by atoms with Crippen molar-refractivity contribution in [1.29, 1.82) is 0 Å². The van der Waals surface area contributed by atoms with E-state index in [0.29, 0.717) is 12.1 Å². The Morgan fingerprint density at radius 3 is 2.86 bits per heavy atom. The van der Waals surface area contributed by atoms with Gasteiger partial charge in [0.15, 0.2) is 0 Å². The molecule has 0 unspecified atom stereocenters. The number of benzene rings is 1. The summed E-state index contributed by atoms with van der Waals surface area (Å²) in [7, 11) is -3.88. The van der Waals surface area contributed by atoms with Gasteiger partial charge in [0, 0.05) is 6.42 Å². The highest BCUT2D eigenvalue weighted by Crippen LogP contribution is 2.14. The topological polar surface area (TPSA) is 107 Å². The third kappa shape index (κ3) is 3.85. The average Bonchev–Trinajstić information content (AvgIpc) is 2.99. The molecule has 2 rings (SSSR count). The molecule has 0 saturated heterocycles. The fraction of sp³-hybridized carbons (Fsp3) is 0.333. The molecule has 21 heavy (non-hydrogen) atoms. The molecule has 1 amide bonds. The summed E-state index contributed by atoms with van der Waals surface area (Å²) in [5.74, 6) is -0.510. The van der Waals surface area contributed by atoms with E-state index in [4.69, 9.17) is 0 Å². The van der Waals surface area contributed by atoms with Gasteiger partial charge in [0.1, 0.15) is 6.33 Å². The molecule has 1 N–H and O–H groups in total. The molecule has 0 bridgehead atoms. The molecule has 9 heteroatoms. The van der Waals surface area contributed by atoms with E-state index in [1.165, 1.54) is 23.1 Å². The molecule has 0 fully saturated rings. The number of carbonyl (C=O) groups excluding carboxylic acids is 1. The summed E-state index contributed by atoms with van der Waals surface area (Å²) in [5, 5.41) is 10.7. The molecular weight excluding hydrogens is 294 g/mol. The number of rotatable bonds is 6. The summed E-state index contributed by atoms with van der Waals surface area (Å²) < 4.78 is 27.7. The van der Waals surface area contributed by atoms with Gasteiger partial charge in [-0.15, -0.1) is 5.10 Å². The Morgan fingerprint density at radius 2 is 2.19 bits per heavy atom. The molecule has 2 aromatic rings. The highest BCUT2D eigenvalue weighted by Gasteiger charge is 2.18. The lowest BCUT2D eigenvalue weighted by molar-refractivity contribution is -0.119. The summed E-state index contributed by atoms with van der Waals surface area (Å²) in [4.78, 5) is 11.6. The number of amides is 1. The Hall–Kier alpha value is -2.29. The van der Waals surface area contributed by atoms with Crippen molar-refractivity contribution in [3.63, 3.8) is 0 Å². The number of carbonyl (C=O) groups is 1. The Labute approximate surface area is 122 Å². The lowest BCUT2D eigenvalue weighted by atomic mass is 10.2. The number of sulfonamides is 1. The molecule has 0 aliphatic rings. The van der Waals surface area contributed by atoms with Crippen LogP contribution in [0, 0.1) is 0 Å². The zero-order chi connectivity index (χ0) is 15.3. The fourth-order valence-electron chi connectivity index (χ4n) is 1.67. The van der Waals surface area contributed by atoms with Crippen molar-refractivity contribution < 1.29 is 13.2 Å². The van der Waals surface area contributed by atoms with Gasteiger partial charge in [0.25, 0.3) is 10.0 Å². The monoisotopic (exact) mass is 309 g/mol. The summed E-state index contributed by atoms with van der Waals surface area (Å²) in [6.45, 7) is 1.93. The maximum atomic E-state index is 12.1. The van der Waals surface area contributed by atoms with Crippen LogP contribution in [-0.2, 0) is 14.8 Å². The molecule has 0 saturated carbocycles. The number of nitrogens with one attached hydrogen (secondary N) is 1. The second kappa shape index (κ2) is 6.44. The van der Waals surface area contributed by atoms with Crippen LogP contribution in [0.25, 0.3) is 5.69 Å². The third-order valence-corrected chi connectivity index (χ3v) is 4.12. The highest BCUT2D eigenvalue weighted by molar-refractivity contribution is 7.90. The predicted molar refractivity (Wildman–Crippen MR) is 74.0 cm³/mol. The molecule has 1 aromatic heterocycles. The number of tetrazole rings is 1. The first-order valence-electron chi connectivity index (χ1n) is 6.42. The van der Waals surface area contributed by atoms with E-state index in [1.54, 1.807) is 12.1 Å². The van der Waals surface area contributed by atoms with Crippen molar-refractivity contribution in [2.75, 3.05) is 0 Å². The number of hydrogen-bond donors (Lipinski definition) is 1. The van der Waals surface area contributed by atoms with E-state index in [2.05, 4.69) is 20.2 Å². The van der Waals surface area contributed by atoms with Crippen LogP contribution in [0.2, 0.25) is 0 Å². The Kier molecular flexibility index (Phi) is 4.63. The molecule has 1 aromatic carbocycles. The Bertz CT molecular complexity index is 712. The van der Waals surface area contributed by atoms with Crippen molar-refractivity contribution in [1.82, 2.24) is 24.9 Å². The van der Waals surface area contributed by atoms with E-state index >= 15 is 0 Å². The number of nitrogens with zero attached hydrogens (tertiary/aromatic N) is 4. The van der Waals surface area contributed by atoms with E-state index < -0.39 is 15.9 Å². The first-order chi connectivity index (χ1) is 10.0. The van der Waals surface area contributed by atoms with Crippen LogP contribution < -0.4 is 4.72 Å². The first-order valence-corrected chi connectivity index (χ1v) is 7.90. The van der Waals surface area contributed by atoms with Crippen LogP contribution >= 0.6 is 0 Å². The normalized spacial score (nSPS) is 11.3. The third-order valence-electron chi connectivity index (χ3n) is 2.75. The van der Waals surface area contributed by atoms with E-state index in [9.17, 15) is 13.2 Å². The summed E-state index contributed by atoms with van der Waals surface area (Å²) >= 11 is 0. The predicted octanol–water partition coefficient (Wildman–Crippen LogP) is 0.657. The second-order valence-corrected chi connectivity index (χ2v) is 6.07. The van der Waals surface area contributed by atoms with Gasteiger partial charge in [-0.1, -0.05) is 19.4 Å². The molecule has 0 atom stereocenters. The minimum Gasteiger partial charge on any atom is -0.274 e. The SMILES string of the molecule is CCCCC(=O)NS(=O)(=O)c1cccc(-n2cnnn2)c1. The standard InChI is InChI=1S/C12H15N5O3S/c1-2-3-7-12(18)14-21(19,20)11-6-4-5-10(8-11)17-9-13-15-16-17/h4-6,8-9H,2-3,7H2,1H3,(H,14,18). The molecule has 0 aliphatic carbocycles. The Balaban J connectivity index is 2.21. The number of hydrogen-bond acceptors (Lipinski definition) is 6. The minimum atomic E-state index is -3.88. The van der Waals surface area contributed by atoms with Crippen LogP contribution in [0.3, 0.4) is 0 Å². The van der Waals surface area contributed by atoms with E-state index in [-0.39, 0.29) is 11.3 Å². The van der Waals surface area contributed by atoms with Crippen LogP contribution in [0.15, 0.2) is 35.5 Å². The van der Waals surface area contributed by atoms with E-state index in [0.717, 1.165) is 6.42 Å². The zero-order valence-electron chi connectivity index (χ0n) is 11.4. The average molecular weight is 309 g/mol. The van der Waals surface area contributed by atoms with Crippen molar-refractivity contribution in [3.8, 4) is 5.69 Å². The lowest BCUT2D eigenvalue weighted by Crippen LogP contribution is -2.30. The van der Waals surface area contributed by atoms with Crippen LogP contribution in [-0.4, -0.2) is 34.5 Å². The van der Waals surface area contributed by atoms with E-state index in [1.807, 2.05) is 6.92 Å². The molecule has 112 valence electrons. The van der Waals surface area contributed by atoms with Crippen LogP contribution in [0.4, 0.5) is 0 Å². The van der Waals surface area contributed by atoms with Crippen LogP contribution in [0.1, 0.15) is 26.2 Å². The van der Waals surface area contributed by atoms with Gasteiger partial charge in [-0.2, -0.15) is 0 Å². The van der Waals surface area contributed by atoms with Gasteiger partial charge >= 0.3 is 0 Å². The molecular formula is C12H15N5O3S. The fourth-order valence-corrected chi connectivity index (χ4v) is 2.72. The van der Waals surface area contributed by atoms with Crippen molar-refractivity contribution >= 4 is 15.9 Å². The minimum absolute atomic E-state index is 0.0136. The molecule has 0 aliphatic heterocycles. The van der Waals surface area contributed by atoms with Gasteiger partial charge in [0.2, 0.25) is 5.91 Å².